The van der Waals surface area contributed by atoms with Crippen molar-refractivity contribution in [3.8, 4) is 5.75 Å². The Hall–Kier alpha value is -2.60. The Morgan fingerprint density at radius 3 is 2.64 bits per heavy atom. The molecule has 2 aromatic carbocycles. The molecular weight excluding hydrogens is 284 g/mol. The highest BCUT2D eigenvalue weighted by molar-refractivity contribution is 5.70. The van der Waals surface area contributed by atoms with Crippen molar-refractivity contribution in [3.63, 3.8) is 0 Å². The highest BCUT2D eigenvalue weighted by atomic mass is 16.6. The van der Waals surface area contributed by atoms with E-state index in [9.17, 15) is 10.1 Å². The number of aryl methyl sites for hydroxylation is 2. The van der Waals surface area contributed by atoms with Crippen molar-refractivity contribution in [1.29, 1.82) is 0 Å². The van der Waals surface area contributed by atoms with Gasteiger partial charge in [-0.2, -0.15) is 0 Å². The highest BCUT2D eigenvalue weighted by Crippen LogP contribution is 2.30. The summed E-state index contributed by atoms with van der Waals surface area (Å²) in [4.78, 5) is 10.7. The number of nitrogens with one attached hydrogen (secondary N) is 1. The van der Waals surface area contributed by atoms with E-state index >= 15 is 0 Å². The quantitative estimate of drug-likeness (QED) is 0.631. The molecule has 0 bridgehead atoms. The Balaban J connectivity index is 2.24. The van der Waals surface area contributed by atoms with E-state index in [1.54, 1.807) is 18.2 Å². The molecule has 22 heavy (non-hydrogen) atoms. The molecular formula is C16H18N2O4. The fourth-order valence-electron chi connectivity index (χ4n) is 2.10. The zero-order valence-electron chi connectivity index (χ0n) is 12.5. The fourth-order valence-corrected chi connectivity index (χ4v) is 2.10. The molecule has 0 amide bonds. The molecule has 2 aromatic rings. The first kappa shape index (κ1) is 15.8. The minimum Gasteiger partial charge on any atom is -0.491 e. The van der Waals surface area contributed by atoms with Crippen LogP contribution in [0.1, 0.15) is 11.1 Å². The predicted molar refractivity (Wildman–Crippen MR) is 84.9 cm³/mol. The number of aliphatic hydroxyl groups is 1. The van der Waals surface area contributed by atoms with Gasteiger partial charge in [-0.25, -0.2) is 0 Å². The summed E-state index contributed by atoms with van der Waals surface area (Å²) >= 11 is 0. The largest absolute Gasteiger partial charge is 0.491 e. The van der Waals surface area contributed by atoms with Crippen molar-refractivity contribution in [2.24, 2.45) is 0 Å². The molecule has 0 aliphatic carbocycles. The molecule has 6 nitrogen and oxygen atoms in total. The number of rotatable bonds is 6. The van der Waals surface area contributed by atoms with Gasteiger partial charge >= 0.3 is 0 Å². The number of aliphatic hydroxyl groups excluding tert-OH is 1. The maximum absolute atomic E-state index is 11.1. The molecule has 0 aromatic heterocycles. The fraction of sp³-hybridized carbons (Fsp3) is 0.250. The molecule has 2 rings (SSSR count). The van der Waals surface area contributed by atoms with Crippen LogP contribution in [0.4, 0.5) is 17.1 Å². The van der Waals surface area contributed by atoms with E-state index in [0.29, 0.717) is 11.4 Å². The third kappa shape index (κ3) is 3.73. The van der Waals surface area contributed by atoms with E-state index in [0.717, 1.165) is 16.8 Å². The van der Waals surface area contributed by atoms with Crippen LogP contribution in [-0.4, -0.2) is 23.2 Å². The van der Waals surface area contributed by atoms with Gasteiger partial charge in [0.05, 0.1) is 11.5 Å². The lowest BCUT2D eigenvalue weighted by molar-refractivity contribution is -0.384. The molecule has 0 saturated carbocycles. The number of anilines is 2. The van der Waals surface area contributed by atoms with Crippen LogP contribution in [0.2, 0.25) is 0 Å². The van der Waals surface area contributed by atoms with Gasteiger partial charge in [0, 0.05) is 11.8 Å². The summed E-state index contributed by atoms with van der Waals surface area (Å²) in [6.45, 7) is 3.88. The van der Waals surface area contributed by atoms with Crippen LogP contribution in [0.3, 0.4) is 0 Å². The van der Waals surface area contributed by atoms with Crippen LogP contribution in [0.25, 0.3) is 0 Å². The van der Waals surface area contributed by atoms with E-state index in [1.165, 1.54) is 6.07 Å². The molecule has 0 spiro atoms. The molecule has 0 saturated heterocycles. The van der Waals surface area contributed by atoms with Gasteiger partial charge in [0.1, 0.15) is 18.0 Å². The lowest BCUT2D eigenvalue weighted by Gasteiger charge is -2.12. The molecule has 6 heteroatoms. The van der Waals surface area contributed by atoms with Crippen LogP contribution >= 0.6 is 0 Å². The zero-order chi connectivity index (χ0) is 16.1. The molecule has 116 valence electrons. The van der Waals surface area contributed by atoms with Gasteiger partial charge in [0.2, 0.25) is 0 Å². The second-order valence-corrected chi connectivity index (χ2v) is 4.96. The molecule has 0 fully saturated rings. The minimum absolute atomic E-state index is 0.0401. The normalized spacial score (nSPS) is 10.3. The van der Waals surface area contributed by atoms with Crippen LogP contribution < -0.4 is 10.1 Å². The van der Waals surface area contributed by atoms with E-state index in [-0.39, 0.29) is 18.9 Å². The first-order chi connectivity index (χ1) is 10.5. The van der Waals surface area contributed by atoms with E-state index < -0.39 is 4.92 Å². The number of benzene rings is 2. The Kier molecular flexibility index (Phi) is 4.95. The maximum atomic E-state index is 11.1. The Labute approximate surface area is 128 Å². The summed E-state index contributed by atoms with van der Waals surface area (Å²) in [5, 5.41) is 23.0. The minimum atomic E-state index is -0.402. The second-order valence-electron chi connectivity index (χ2n) is 4.96. The van der Waals surface area contributed by atoms with Crippen molar-refractivity contribution >= 4 is 17.1 Å². The predicted octanol–water partition coefficient (Wildman–Crippen LogP) is 3.33. The first-order valence-electron chi connectivity index (χ1n) is 6.87. The van der Waals surface area contributed by atoms with Crippen molar-refractivity contribution in [1.82, 2.24) is 0 Å². The van der Waals surface area contributed by atoms with Gasteiger partial charge in [0.15, 0.2) is 0 Å². The first-order valence-corrected chi connectivity index (χ1v) is 6.87. The van der Waals surface area contributed by atoms with E-state index in [2.05, 4.69) is 5.32 Å². The Morgan fingerprint density at radius 2 is 2.00 bits per heavy atom. The average Bonchev–Trinajstić information content (AvgIpc) is 2.48. The standard InChI is InChI=1S/C16H18N2O4/c1-11-3-5-14(15(9-11)18(20)21)17-13-4-6-16(12(2)10-13)22-8-7-19/h3-6,9-10,17,19H,7-8H2,1-2H3. The lowest BCUT2D eigenvalue weighted by Crippen LogP contribution is -2.03. The lowest BCUT2D eigenvalue weighted by atomic mass is 10.1. The van der Waals surface area contributed by atoms with Gasteiger partial charge in [-0.3, -0.25) is 10.1 Å². The maximum Gasteiger partial charge on any atom is 0.292 e. The highest BCUT2D eigenvalue weighted by Gasteiger charge is 2.14. The Bertz CT molecular complexity index is 686. The number of nitrogens with zero attached hydrogens (tertiary/aromatic N) is 1. The number of nitro benzene ring substituents is 1. The van der Waals surface area contributed by atoms with Gasteiger partial charge in [-0.15, -0.1) is 0 Å². The second kappa shape index (κ2) is 6.91. The average molecular weight is 302 g/mol. The zero-order valence-corrected chi connectivity index (χ0v) is 12.5. The van der Waals surface area contributed by atoms with Gasteiger partial charge in [-0.1, -0.05) is 6.07 Å². The monoisotopic (exact) mass is 302 g/mol. The third-order valence-corrected chi connectivity index (χ3v) is 3.15. The number of nitro groups is 1. The molecule has 0 radical (unpaired) electrons. The van der Waals surface area contributed by atoms with Crippen molar-refractivity contribution in [3.05, 3.63) is 57.6 Å². The summed E-state index contributed by atoms with van der Waals surface area (Å²) in [6, 6.07) is 10.4. The van der Waals surface area contributed by atoms with Gasteiger partial charge < -0.3 is 15.2 Å². The summed E-state index contributed by atoms with van der Waals surface area (Å²) < 4.78 is 5.38. The summed E-state index contributed by atoms with van der Waals surface area (Å²) in [6.07, 6.45) is 0. The van der Waals surface area contributed by atoms with Crippen molar-refractivity contribution in [2.45, 2.75) is 13.8 Å². The smallest absolute Gasteiger partial charge is 0.292 e. The van der Waals surface area contributed by atoms with Crippen LogP contribution in [0, 0.1) is 24.0 Å². The van der Waals surface area contributed by atoms with Crippen LogP contribution in [0.5, 0.6) is 5.75 Å². The van der Waals surface area contributed by atoms with E-state index in [4.69, 9.17) is 9.84 Å². The van der Waals surface area contributed by atoms with Gasteiger partial charge in [-0.05, 0) is 49.2 Å². The molecule has 0 aliphatic rings. The van der Waals surface area contributed by atoms with Crippen molar-refractivity contribution in [2.75, 3.05) is 18.5 Å². The summed E-state index contributed by atoms with van der Waals surface area (Å²) in [5.74, 6) is 0.679. The molecule has 0 atom stereocenters. The summed E-state index contributed by atoms with van der Waals surface area (Å²) in [7, 11) is 0. The summed E-state index contributed by atoms with van der Waals surface area (Å²) in [5.41, 5.74) is 2.94. The Morgan fingerprint density at radius 1 is 1.23 bits per heavy atom. The van der Waals surface area contributed by atoms with E-state index in [1.807, 2.05) is 26.0 Å². The van der Waals surface area contributed by atoms with Crippen LogP contribution in [-0.2, 0) is 0 Å². The van der Waals surface area contributed by atoms with Crippen LogP contribution in [0.15, 0.2) is 36.4 Å². The molecule has 0 aliphatic heterocycles. The number of ether oxygens (including phenoxy) is 1. The van der Waals surface area contributed by atoms with Crippen molar-refractivity contribution < 1.29 is 14.8 Å². The molecule has 0 unspecified atom stereocenters. The molecule has 0 heterocycles. The molecule has 2 N–H and O–H groups in total. The van der Waals surface area contributed by atoms with Gasteiger partial charge in [0.25, 0.3) is 5.69 Å². The topological polar surface area (TPSA) is 84.6 Å². The number of hydrogen-bond acceptors (Lipinski definition) is 5. The SMILES string of the molecule is Cc1ccc(Nc2ccc(OCCO)c(C)c2)c([N+](=O)[O-])c1. The number of hydrogen-bond donors (Lipinski definition) is 2. The third-order valence-electron chi connectivity index (χ3n) is 3.15.